The van der Waals surface area contributed by atoms with Crippen LogP contribution in [0.5, 0.6) is 5.75 Å². The largest absolute Gasteiger partial charge is 0.490 e. The second-order valence-corrected chi connectivity index (χ2v) is 13.6. The molecular weight excluding hydrogens is 673 g/mol. The summed E-state index contributed by atoms with van der Waals surface area (Å²) in [6.07, 6.45) is 2.87. The molecule has 2 aliphatic rings. The lowest BCUT2D eigenvalue weighted by atomic mass is 9.96. The minimum absolute atomic E-state index is 0.245. The van der Waals surface area contributed by atoms with Gasteiger partial charge in [0.1, 0.15) is 30.2 Å². The van der Waals surface area contributed by atoms with Gasteiger partial charge in [-0.1, -0.05) is 41.4 Å². The van der Waals surface area contributed by atoms with E-state index in [1.54, 1.807) is 6.20 Å². The van der Waals surface area contributed by atoms with Crippen molar-refractivity contribution in [1.82, 2.24) is 15.2 Å². The van der Waals surface area contributed by atoms with Crippen LogP contribution in [0.1, 0.15) is 55.2 Å². The van der Waals surface area contributed by atoms with Crippen LogP contribution in [0.4, 0.5) is 4.79 Å². The number of carbonyl (C=O) groups is 1. The van der Waals surface area contributed by atoms with E-state index in [1.807, 2.05) is 42.6 Å². The number of nitrogens with zero attached hydrogens (tertiary/aromatic N) is 2. The lowest BCUT2D eigenvalue weighted by Gasteiger charge is -2.30. The number of hydrogen-bond acceptors (Lipinski definition) is 9. The van der Waals surface area contributed by atoms with Crippen LogP contribution in [0.25, 0.3) is 11.1 Å². The number of rotatable bonds is 18. The number of unbranched alkanes of at least 4 members (excludes halogenated alkanes) is 1. The van der Waals surface area contributed by atoms with Crippen LogP contribution < -0.4 is 10.1 Å². The molecule has 0 bridgehead atoms. The van der Waals surface area contributed by atoms with Gasteiger partial charge in [-0.2, -0.15) is 0 Å². The Bertz CT molecular complexity index is 1570. The molecule has 5 rings (SSSR count). The molecule has 2 aromatic carbocycles. The SMILES string of the molecule is CNC(=O)N(CCCCc1cc(Cl)c(COC2(c3cnccc3-c3ccccc3OC3CC3)CC2)cc1Cl)C[C@H](O)[C@@H](O)[C@H](O)[C@H](O)CO. The Labute approximate surface area is 296 Å². The number of hydrogen-bond donors (Lipinski definition) is 6. The van der Waals surface area contributed by atoms with E-state index in [4.69, 9.17) is 37.8 Å². The number of ether oxygens (including phenoxy) is 2. The van der Waals surface area contributed by atoms with Crippen molar-refractivity contribution in [2.45, 2.75) is 87.7 Å². The Hall–Kier alpha value is -3.00. The highest BCUT2D eigenvalue weighted by atomic mass is 35.5. The summed E-state index contributed by atoms with van der Waals surface area (Å²) < 4.78 is 12.8. The van der Waals surface area contributed by atoms with E-state index in [2.05, 4.69) is 16.4 Å². The van der Waals surface area contributed by atoms with Gasteiger partial charge in [-0.25, -0.2) is 4.79 Å². The summed E-state index contributed by atoms with van der Waals surface area (Å²) in [7, 11) is 1.44. The second-order valence-electron chi connectivity index (χ2n) is 12.8. The summed E-state index contributed by atoms with van der Waals surface area (Å²) in [6.45, 7) is -0.564. The van der Waals surface area contributed by atoms with E-state index in [1.165, 1.54) is 11.9 Å². The number of aromatic nitrogens is 1. The number of aliphatic hydroxyl groups excluding tert-OH is 5. The number of aliphatic hydroxyl groups is 5. The third-order valence-electron chi connectivity index (χ3n) is 9.09. The monoisotopic (exact) mass is 717 g/mol. The number of carbonyl (C=O) groups excluding carboxylic acids is 1. The van der Waals surface area contributed by atoms with E-state index in [-0.39, 0.29) is 25.8 Å². The number of pyridine rings is 1. The molecule has 0 saturated heterocycles. The maximum Gasteiger partial charge on any atom is 0.317 e. The number of halogens is 2. The fourth-order valence-electron chi connectivity index (χ4n) is 5.85. The third-order valence-corrected chi connectivity index (χ3v) is 9.79. The molecule has 1 aromatic heterocycles. The van der Waals surface area contributed by atoms with Crippen LogP contribution in [0.3, 0.4) is 0 Å². The first-order chi connectivity index (χ1) is 23.6. The van der Waals surface area contributed by atoms with Crippen molar-refractivity contribution >= 4 is 29.2 Å². The van der Waals surface area contributed by atoms with Crippen LogP contribution in [0, 0.1) is 0 Å². The Morgan fingerprint density at radius 3 is 2.39 bits per heavy atom. The molecule has 0 unspecified atom stereocenters. The Kier molecular flexibility index (Phi) is 12.8. The van der Waals surface area contributed by atoms with Crippen molar-refractivity contribution in [3.8, 4) is 16.9 Å². The number of urea groups is 1. The molecule has 13 heteroatoms. The molecule has 2 saturated carbocycles. The summed E-state index contributed by atoms with van der Waals surface area (Å²) in [5, 5.41) is 52.6. The van der Waals surface area contributed by atoms with Crippen molar-refractivity contribution < 1.29 is 39.8 Å². The molecule has 1 heterocycles. The van der Waals surface area contributed by atoms with Crippen molar-refractivity contribution in [2.75, 3.05) is 26.7 Å². The summed E-state index contributed by atoms with van der Waals surface area (Å²) >= 11 is 13.4. The molecule has 0 aliphatic heterocycles. The lowest BCUT2D eigenvalue weighted by Crippen LogP contribution is -2.51. The summed E-state index contributed by atoms with van der Waals surface area (Å²) in [4.78, 5) is 18.2. The van der Waals surface area contributed by atoms with Gasteiger partial charge in [0.2, 0.25) is 0 Å². The van der Waals surface area contributed by atoms with Crippen LogP contribution in [-0.4, -0.2) is 98.7 Å². The summed E-state index contributed by atoms with van der Waals surface area (Å²) in [5.41, 5.74) is 4.23. The number of para-hydroxylation sites is 1. The molecule has 0 spiro atoms. The predicted molar refractivity (Wildman–Crippen MR) is 186 cm³/mol. The average molecular weight is 719 g/mol. The van der Waals surface area contributed by atoms with Crippen molar-refractivity contribution in [2.24, 2.45) is 0 Å². The third kappa shape index (κ3) is 9.42. The van der Waals surface area contributed by atoms with Crippen molar-refractivity contribution in [3.05, 3.63) is 81.6 Å². The number of benzene rings is 2. The fraction of sp³-hybridized carbons (Fsp3) is 0.500. The zero-order chi connectivity index (χ0) is 35.1. The number of amides is 2. The molecule has 2 aliphatic carbocycles. The van der Waals surface area contributed by atoms with E-state index >= 15 is 0 Å². The normalized spacial score (nSPS) is 17.6. The van der Waals surface area contributed by atoms with E-state index in [0.717, 1.165) is 59.3 Å². The zero-order valence-corrected chi connectivity index (χ0v) is 29.0. The first-order valence-corrected chi connectivity index (χ1v) is 17.4. The topological polar surface area (TPSA) is 165 Å². The lowest BCUT2D eigenvalue weighted by molar-refractivity contribution is -0.117. The summed E-state index contributed by atoms with van der Waals surface area (Å²) in [6, 6.07) is 13.3. The maximum atomic E-state index is 12.4. The van der Waals surface area contributed by atoms with Gasteiger partial charge in [0, 0.05) is 47.2 Å². The number of aryl methyl sites for hydroxylation is 1. The van der Waals surface area contributed by atoms with Gasteiger partial charge in [-0.05, 0) is 85.9 Å². The molecule has 266 valence electrons. The average Bonchev–Trinajstić information content (AvgIpc) is 4.06. The second kappa shape index (κ2) is 16.8. The van der Waals surface area contributed by atoms with Gasteiger partial charge in [0.25, 0.3) is 0 Å². The minimum Gasteiger partial charge on any atom is -0.490 e. The molecule has 6 N–H and O–H groups in total. The molecular formula is C36H45Cl2N3O8. The fourth-order valence-corrected chi connectivity index (χ4v) is 6.37. The van der Waals surface area contributed by atoms with Gasteiger partial charge in [-0.3, -0.25) is 4.98 Å². The van der Waals surface area contributed by atoms with Gasteiger partial charge >= 0.3 is 6.03 Å². The highest BCUT2D eigenvalue weighted by Crippen LogP contribution is 2.53. The molecule has 2 amide bonds. The standard InChI is InChI=1S/C36H45Cl2N3O8/c1-39-35(47)41(19-30(43)33(45)34(46)31(44)20-42)15-5-4-6-22-16-29(38)23(17-28(22)37)21-48-36(12-13-36)27-18-40-14-11-25(27)26-7-2-3-8-32(26)49-24-9-10-24/h2-3,7-8,11,14,16-18,24,30-31,33-34,42-46H,4-6,9-10,12-13,15,19-21H2,1H3,(H,39,47)/t30-,31+,33+,34+/m0/s1. The van der Waals surface area contributed by atoms with Crippen LogP contribution >= 0.6 is 23.2 Å². The maximum absolute atomic E-state index is 12.4. The van der Waals surface area contributed by atoms with Gasteiger partial charge < -0.3 is 45.2 Å². The molecule has 3 aromatic rings. The van der Waals surface area contributed by atoms with Crippen LogP contribution in [-0.2, 0) is 23.4 Å². The van der Waals surface area contributed by atoms with Crippen LogP contribution in [0.2, 0.25) is 10.0 Å². The predicted octanol–water partition coefficient (Wildman–Crippen LogP) is 4.20. The van der Waals surface area contributed by atoms with E-state index in [9.17, 15) is 25.2 Å². The Morgan fingerprint density at radius 1 is 1.00 bits per heavy atom. The van der Waals surface area contributed by atoms with E-state index < -0.39 is 42.7 Å². The molecule has 49 heavy (non-hydrogen) atoms. The van der Waals surface area contributed by atoms with Gasteiger partial charge in [-0.15, -0.1) is 0 Å². The van der Waals surface area contributed by atoms with E-state index in [0.29, 0.717) is 29.3 Å². The molecule has 4 atom stereocenters. The first-order valence-electron chi connectivity index (χ1n) is 16.7. The molecule has 11 nitrogen and oxygen atoms in total. The summed E-state index contributed by atoms with van der Waals surface area (Å²) in [5.74, 6) is 0.867. The quantitative estimate of drug-likeness (QED) is 0.106. The molecule has 0 radical (unpaired) electrons. The van der Waals surface area contributed by atoms with Gasteiger partial charge in [0.05, 0.1) is 31.5 Å². The highest BCUT2D eigenvalue weighted by Gasteiger charge is 2.48. The number of nitrogens with one attached hydrogen (secondary N) is 1. The Balaban J connectivity index is 1.18. The molecule has 2 fully saturated rings. The van der Waals surface area contributed by atoms with Gasteiger partial charge in [0.15, 0.2) is 0 Å². The minimum atomic E-state index is -1.77. The van der Waals surface area contributed by atoms with Crippen molar-refractivity contribution in [3.63, 3.8) is 0 Å². The highest BCUT2D eigenvalue weighted by molar-refractivity contribution is 6.34. The first kappa shape index (κ1) is 37.3. The zero-order valence-electron chi connectivity index (χ0n) is 27.5. The van der Waals surface area contributed by atoms with Crippen LogP contribution in [0.15, 0.2) is 54.9 Å². The Morgan fingerprint density at radius 2 is 1.69 bits per heavy atom. The van der Waals surface area contributed by atoms with Crippen molar-refractivity contribution in [1.29, 1.82) is 0 Å². The smallest absolute Gasteiger partial charge is 0.317 e.